The summed E-state index contributed by atoms with van der Waals surface area (Å²) in [6, 6.07) is 0. The van der Waals surface area contributed by atoms with E-state index < -0.39 is 0 Å². The van der Waals surface area contributed by atoms with Crippen LogP contribution in [0.25, 0.3) is 0 Å². The second-order valence-electron chi connectivity index (χ2n) is 4.21. The molecule has 16 heavy (non-hydrogen) atoms. The molecule has 2 rings (SSSR count). The summed E-state index contributed by atoms with van der Waals surface area (Å²) in [6.45, 7) is 4.76. The predicted molar refractivity (Wildman–Crippen MR) is 58.8 cm³/mol. The summed E-state index contributed by atoms with van der Waals surface area (Å²) in [5.41, 5.74) is 0. The lowest BCUT2D eigenvalue weighted by atomic mass is 10.0. The Morgan fingerprint density at radius 3 is 3.25 bits per heavy atom. The summed E-state index contributed by atoms with van der Waals surface area (Å²) in [5.74, 6) is 0.696. The number of ether oxygens (including phenoxy) is 1. The van der Waals surface area contributed by atoms with Gasteiger partial charge in [0, 0.05) is 19.7 Å². The van der Waals surface area contributed by atoms with Crippen molar-refractivity contribution in [1.82, 2.24) is 25.5 Å². The third kappa shape index (κ3) is 3.86. The van der Waals surface area contributed by atoms with E-state index >= 15 is 0 Å². The largest absolute Gasteiger partial charge is 0.381 e. The van der Waals surface area contributed by atoms with Gasteiger partial charge in [-0.25, -0.2) is 4.68 Å². The second-order valence-corrected chi connectivity index (χ2v) is 4.21. The van der Waals surface area contributed by atoms with Crippen LogP contribution in [0.3, 0.4) is 0 Å². The van der Waals surface area contributed by atoms with Gasteiger partial charge in [-0.05, 0) is 42.2 Å². The summed E-state index contributed by atoms with van der Waals surface area (Å²) in [7, 11) is 0. The number of nitrogens with zero attached hydrogens (tertiary/aromatic N) is 4. The van der Waals surface area contributed by atoms with Crippen LogP contribution in [-0.2, 0) is 11.3 Å². The van der Waals surface area contributed by atoms with Crippen molar-refractivity contribution in [2.75, 3.05) is 26.3 Å². The van der Waals surface area contributed by atoms with Gasteiger partial charge in [0.1, 0.15) is 6.33 Å². The Morgan fingerprint density at radius 2 is 2.50 bits per heavy atom. The summed E-state index contributed by atoms with van der Waals surface area (Å²) >= 11 is 0. The lowest BCUT2D eigenvalue weighted by molar-refractivity contribution is 0.0855. The summed E-state index contributed by atoms with van der Waals surface area (Å²) in [4.78, 5) is 0. The van der Waals surface area contributed by atoms with Gasteiger partial charge in [0.15, 0.2) is 0 Å². The number of aryl methyl sites for hydroxylation is 1. The van der Waals surface area contributed by atoms with E-state index in [0.717, 1.165) is 39.3 Å². The molecule has 0 radical (unpaired) electrons. The van der Waals surface area contributed by atoms with Crippen molar-refractivity contribution < 1.29 is 4.74 Å². The van der Waals surface area contributed by atoms with E-state index in [1.54, 1.807) is 11.0 Å². The van der Waals surface area contributed by atoms with E-state index in [1.807, 2.05) is 0 Å². The molecule has 1 atom stereocenters. The topological polar surface area (TPSA) is 64.9 Å². The van der Waals surface area contributed by atoms with Gasteiger partial charge in [0.05, 0.1) is 6.61 Å². The molecule has 0 spiro atoms. The molecule has 1 saturated heterocycles. The first-order chi connectivity index (χ1) is 7.95. The Morgan fingerprint density at radius 1 is 1.50 bits per heavy atom. The highest BCUT2D eigenvalue weighted by molar-refractivity contribution is 4.68. The molecular weight excluding hydrogens is 206 g/mol. The van der Waals surface area contributed by atoms with Crippen LogP contribution in [0, 0.1) is 5.92 Å². The van der Waals surface area contributed by atoms with Gasteiger partial charge in [0.25, 0.3) is 0 Å². The maximum atomic E-state index is 5.65. The molecule has 2 heterocycles. The first kappa shape index (κ1) is 11.5. The Bertz CT molecular complexity index is 271. The van der Waals surface area contributed by atoms with Crippen molar-refractivity contribution in [1.29, 1.82) is 0 Å². The van der Waals surface area contributed by atoms with Gasteiger partial charge in [-0.15, -0.1) is 5.10 Å². The third-order valence-electron chi connectivity index (χ3n) is 2.82. The summed E-state index contributed by atoms with van der Waals surface area (Å²) in [5, 5.41) is 14.3. The zero-order valence-corrected chi connectivity index (χ0v) is 9.51. The quantitative estimate of drug-likeness (QED) is 0.695. The highest BCUT2D eigenvalue weighted by Crippen LogP contribution is 2.09. The van der Waals surface area contributed by atoms with Gasteiger partial charge in [0.2, 0.25) is 0 Å². The first-order valence-electron chi connectivity index (χ1n) is 5.94. The van der Waals surface area contributed by atoms with Crippen LogP contribution in [0.15, 0.2) is 6.33 Å². The number of hydrogen-bond acceptors (Lipinski definition) is 5. The number of rotatable bonds is 6. The fourth-order valence-corrected chi connectivity index (χ4v) is 1.93. The van der Waals surface area contributed by atoms with Crippen LogP contribution in [0.2, 0.25) is 0 Å². The fourth-order valence-electron chi connectivity index (χ4n) is 1.93. The Balaban J connectivity index is 1.48. The Kier molecular flexibility index (Phi) is 4.69. The molecular formula is C10H19N5O. The number of piperidine rings is 1. The van der Waals surface area contributed by atoms with E-state index in [1.165, 1.54) is 12.8 Å². The van der Waals surface area contributed by atoms with Crippen molar-refractivity contribution in [3.05, 3.63) is 6.33 Å². The Labute approximate surface area is 95.4 Å². The van der Waals surface area contributed by atoms with Gasteiger partial charge in [-0.1, -0.05) is 0 Å². The molecule has 1 aliphatic rings. The van der Waals surface area contributed by atoms with E-state index in [0.29, 0.717) is 5.92 Å². The van der Waals surface area contributed by atoms with Crippen molar-refractivity contribution in [2.24, 2.45) is 5.92 Å². The van der Waals surface area contributed by atoms with Gasteiger partial charge >= 0.3 is 0 Å². The second kappa shape index (κ2) is 6.55. The third-order valence-corrected chi connectivity index (χ3v) is 2.82. The number of aromatic nitrogens is 4. The molecule has 6 nitrogen and oxygen atoms in total. The monoisotopic (exact) mass is 225 g/mol. The maximum absolute atomic E-state index is 5.65. The zero-order valence-electron chi connectivity index (χ0n) is 9.51. The number of tetrazole rings is 1. The van der Waals surface area contributed by atoms with Gasteiger partial charge in [-0.3, -0.25) is 0 Å². The minimum Gasteiger partial charge on any atom is -0.381 e. The van der Waals surface area contributed by atoms with Crippen LogP contribution in [-0.4, -0.2) is 46.5 Å². The SMILES string of the molecule is c1nnnn1CCCOC[C@H]1CCCNC1. The molecule has 6 heteroatoms. The van der Waals surface area contributed by atoms with E-state index in [9.17, 15) is 0 Å². The van der Waals surface area contributed by atoms with Crippen LogP contribution in [0.4, 0.5) is 0 Å². The molecule has 0 bridgehead atoms. The normalized spacial score (nSPS) is 21.1. The van der Waals surface area contributed by atoms with Crippen molar-refractivity contribution in [2.45, 2.75) is 25.8 Å². The minimum absolute atomic E-state index is 0.696. The molecule has 0 saturated carbocycles. The average Bonchev–Trinajstić information content (AvgIpc) is 2.83. The molecule has 0 unspecified atom stereocenters. The molecule has 1 aromatic heterocycles. The highest BCUT2D eigenvalue weighted by Gasteiger charge is 2.12. The Hall–Kier alpha value is -1.01. The van der Waals surface area contributed by atoms with Gasteiger partial charge < -0.3 is 10.1 Å². The summed E-state index contributed by atoms with van der Waals surface area (Å²) < 4.78 is 7.38. The number of hydrogen-bond donors (Lipinski definition) is 1. The van der Waals surface area contributed by atoms with Crippen molar-refractivity contribution >= 4 is 0 Å². The van der Waals surface area contributed by atoms with E-state index in [-0.39, 0.29) is 0 Å². The molecule has 0 amide bonds. The van der Waals surface area contributed by atoms with Crippen LogP contribution >= 0.6 is 0 Å². The molecule has 90 valence electrons. The van der Waals surface area contributed by atoms with Crippen LogP contribution < -0.4 is 5.32 Å². The molecule has 0 aromatic carbocycles. The molecule has 0 aliphatic carbocycles. The number of nitrogens with one attached hydrogen (secondary N) is 1. The van der Waals surface area contributed by atoms with Crippen LogP contribution in [0.5, 0.6) is 0 Å². The van der Waals surface area contributed by atoms with Gasteiger partial charge in [-0.2, -0.15) is 0 Å². The standard InChI is InChI=1S/C10H19N5O/c1-3-10(7-11-4-1)8-16-6-2-5-15-9-12-13-14-15/h9-11H,1-8H2/t10-/m0/s1. The molecule has 1 aromatic rings. The first-order valence-corrected chi connectivity index (χ1v) is 5.94. The lowest BCUT2D eigenvalue weighted by Gasteiger charge is -2.22. The highest BCUT2D eigenvalue weighted by atomic mass is 16.5. The minimum atomic E-state index is 0.696. The lowest BCUT2D eigenvalue weighted by Crippen LogP contribution is -2.32. The average molecular weight is 225 g/mol. The molecule has 1 N–H and O–H groups in total. The van der Waals surface area contributed by atoms with Crippen molar-refractivity contribution in [3.8, 4) is 0 Å². The molecule has 1 aliphatic heterocycles. The molecule has 1 fully saturated rings. The smallest absolute Gasteiger partial charge is 0.138 e. The van der Waals surface area contributed by atoms with E-state index in [4.69, 9.17) is 4.74 Å². The van der Waals surface area contributed by atoms with Crippen molar-refractivity contribution in [3.63, 3.8) is 0 Å². The predicted octanol–water partition coefficient (Wildman–Crippen LogP) is 0.0794. The van der Waals surface area contributed by atoms with Crippen LogP contribution in [0.1, 0.15) is 19.3 Å². The zero-order chi connectivity index (χ0) is 11.1. The summed E-state index contributed by atoms with van der Waals surface area (Å²) in [6.07, 6.45) is 5.16. The fraction of sp³-hybridized carbons (Fsp3) is 0.900. The van der Waals surface area contributed by atoms with E-state index in [2.05, 4.69) is 20.8 Å². The maximum Gasteiger partial charge on any atom is 0.138 e.